The van der Waals surface area contributed by atoms with Crippen LogP contribution in [0.1, 0.15) is 33.1 Å². The zero-order valence-electron chi connectivity index (χ0n) is 13.6. The average molecular weight is 320 g/mol. The molecule has 1 atom stereocenters. The minimum absolute atomic E-state index is 0.158. The molecule has 1 unspecified atom stereocenters. The number of likely N-dealkylation sites (tertiary alicyclic amines) is 1. The Bertz CT molecular complexity index is 536. The summed E-state index contributed by atoms with van der Waals surface area (Å²) in [6.07, 6.45) is 2.10. The maximum Gasteiger partial charge on any atom is 0.321 e. The van der Waals surface area contributed by atoms with Gasteiger partial charge in [0, 0.05) is 18.8 Å². The van der Waals surface area contributed by atoms with Crippen LogP contribution in [0.15, 0.2) is 24.3 Å². The molecule has 0 aliphatic carbocycles. The van der Waals surface area contributed by atoms with E-state index in [9.17, 15) is 9.59 Å². The molecule has 0 saturated carbocycles. The highest BCUT2D eigenvalue weighted by molar-refractivity contribution is 5.89. The zero-order valence-corrected chi connectivity index (χ0v) is 13.6. The molecule has 0 radical (unpaired) electrons. The standard InChI is InChI=1S/C17H24N2O4/c1-3-12(2)23-15-6-4-14(5-7-15)18-17(22)19-10-8-13(9-11-19)16(20)21/h4-7,12-13H,3,8-11H2,1-2H3,(H,18,22)(H,20,21). The Morgan fingerprint density at radius 3 is 2.43 bits per heavy atom. The molecule has 1 aromatic carbocycles. The van der Waals surface area contributed by atoms with Gasteiger partial charge >= 0.3 is 12.0 Å². The molecular formula is C17H24N2O4. The van der Waals surface area contributed by atoms with Crippen molar-refractivity contribution < 1.29 is 19.4 Å². The third-order valence-corrected chi connectivity index (χ3v) is 4.15. The van der Waals surface area contributed by atoms with Crippen LogP contribution in [0.5, 0.6) is 5.75 Å². The second-order valence-corrected chi connectivity index (χ2v) is 5.89. The highest BCUT2D eigenvalue weighted by Crippen LogP contribution is 2.20. The smallest absolute Gasteiger partial charge is 0.321 e. The van der Waals surface area contributed by atoms with Crippen molar-refractivity contribution in [3.05, 3.63) is 24.3 Å². The number of rotatable bonds is 5. The van der Waals surface area contributed by atoms with Crippen LogP contribution in [0.25, 0.3) is 0 Å². The number of urea groups is 1. The van der Waals surface area contributed by atoms with Gasteiger partial charge in [-0.2, -0.15) is 0 Å². The molecule has 2 rings (SSSR count). The second-order valence-electron chi connectivity index (χ2n) is 5.89. The predicted octanol–water partition coefficient (Wildman–Crippen LogP) is 3.19. The molecule has 1 aliphatic heterocycles. The lowest BCUT2D eigenvalue weighted by molar-refractivity contribution is -0.143. The molecule has 1 aromatic rings. The van der Waals surface area contributed by atoms with Crippen LogP contribution in [-0.2, 0) is 4.79 Å². The first-order valence-corrected chi connectivity index (χ1v) is 8.05. The van der Waals surface area contributed by atoms with E-state index < -0.39 is 5.97 Å². The van der Waals surface area contributed by atoms with E-state index in [4.69, 9.17) is 9.84 Å². The van der Waals surface area contributed by atoms with E-state index in [0.717, 1.165) is 12.2 Å². The number of piperidine rings is 1. The third kappa shape index (κ3) is 4.87. The Morgan fingerprint density at radius 1 is 1.30 bits per heavy atom. The molecule has 0 spiro atoms. The Labute approximate surface area is 136 Å². The lowest BCUT2D eigenvalue weighted by Gasteiger charge is -2.30. The Kier molecular flexibility index (Phi) is 5.84. The molecule has 6 nitrogen and oxygen atoms in total. The molecule has 1 saturated heterocycles. The van der Waals surface area contributed by atoms with Crippen LogP contribution >= 0.6 is 0 Å². The molecule has 23 heavy (non-hydrogen) atoms. The van der Waals surface area contributed by atoms with Crippen molar-refractivity contribution in [2.24, 2.45) is 5.92 Å². The monoisotopic (exact) mass is 320 g/mol. The van der Waals surface area contributed by atoms with Gasteiger partial charge in [-0.25, -0.2) is 4.79 Å². The number of carbonyl (C=O) groups excluding carboxylic acids is 1. The first-order valence-electron chi connectivity index (χ1n) is 8.05. The molecule has 0 aromatic heterocycles. The number of carboxylic acid groups (broad SMARTS) is 1. The van der Waals surface area contributed by atoms with Crippen LogP contribution in [0.2, 0.25) is 0 Å². The summed E-state index contributed by atoms with van der Waals surface area (Å²) in [5, 5.41) is 11.8. The van der Waals surface area contributed by atoms with Gasteiger partial charge in [0.2, 0.25) is 0 Å². The molecule has 1 fully saturated rings. The quantitative estimate of drug-likeness (QED) is 0.873. The molecule has 0 bridgehead atoms. The number of anilines is 1. The topological polar surface area (TPSA) is 78.9 Å². The van der Waals surface area contributed by atoms with Crippen molar-refractivity contribution in [3.63, 3.8) is 0 Å². The molecule has 6 heteroatoms. The van der Waals surface area contributed by atoms with Crippen LogP contribution < -0.4 is 10.1 Å². The van der Waals surface area contributed by atoms with Gasteiger partial charge in [0.15, 0.2) is 0 Å². The fraction of sp³-hybridized carbons (Fsp3) is 0.529. The van der Waals surface area contributed by atoms with Gasteiger partial charge in [-0.1, -0.05) is 6.92 Å². The van der Waals surface area contributed by atoms with Crippen LogP contribution in [0, 0.1) is 5.92 Å². The van der Waals surface area contributed by atoms with E-state index in [2.05, 4.69) is 12.2 Å². The summed E-state index contributed by atoms with van der Waals surface area (Å²) in [4.78, 5) is 24.8. The number of aliphatic carboxylic acids is 1. The number of hydrogen-bond donors (Lipinski definition) is 2. The van der Waals surface area contributed by atoms with Crippen molar-refractivity contribution in [3.8, 4) is 5.75 Å². The molecule has 1 heterocycles. The fourth-order valence-corrected chi connectivity index (χ4v) is 2.46. The summed E-state index contributed by atoms with van der Waals surface area (Å²) in [6, 6.07) is 7.08. The fourth-order valence-electron chi connectivity index (χ4n) is 2.46. The van der Waals surface area contributed by atoms with E-state index in [0.29, 0.717) is 31.6 Å². The highest BCUT2D eigenvalue weighted by Gasteiger charge is 2.26. The molecule has 126 valence electrons. The number of amides is 2. The maximum atomic E-state index is 12.2. The van der Waals surface area contributed by atoms with Gasteiger partial charge in [0.05, 0.1) is 12.0 Å². The van der Waals surface area contributed by atoms with Crippen molar-refractivity contribution in [1.82, 2.24) is 4.90 Å². The largest absolute Gasteiger partial charge is 0.491 e. The van der Waals surface area contributed by atoms with Gasteiger partial charge < -0.3 is 20.1 Å². The summed E-state index contributed by atoms with van der Waals surface area (Å²) in [6.45, 7) is 5.01. The van der Waals surface area contributed by atoms with E-state index in [1.165, 1.54) is 0 Å². The zero-order chi connectivity index (χ0) is 16.8. The lowest BCUT2D eigenvalue weighted by Crippen LogP contribution is -2.42. The number of carbonyl (C=O) groups is 2. The van der Waals surface area contributed by atoms with Crippen molar-refractivity contribution in [2.45, 2.75) is 39.2 Å². The predicted molar refractivity (Wildman–Crippen MR) is 87.8 cm³/mol. The van der Waals surface area contributed by atoms with Crippen LogP contribution in [0.4, 0.5) is 10.5 Å². The van der Waals surface area contributed by atoms with Crippen molar-refractivity contribution in [2.75, 3.05) is 18.4 Å². The molecular weight excluding hydrogens is 296 g/mol. The average Bonchev–Trinajstić information content (AvgIpc) is 2.56. The second kappa shape index (κ2) is 7.85. The number of ether oxygens (including phenoxy) is 1. The third-order valence-electron chi connectivity index (χ3n) is 4.15. The summed E-state index contributed by atoms with van der Waals surface area (Å²) in [5.74, 6) is -0.336. The Hall–Kier alpha value is -2.24. The van der Waals surface area contributed by atoms with Crippen molar-refractivity contribution >= 4 is 17.7 Å². The van der Waals surface area contributed by atoms with E-state index in [1.54, 1.807) is 17.0 Å². The van der Waals surface area contributed by atoms with Crippen molar-refractivity contribution in [1.29, 1.82) is 0 Å². The SMILES string of the molecule is CCC(C)Oc1ccc(NC(=O)N2CCC(C(=O)O)CC2)cc1. The minimum Gasteiger partial charge on any atom is -0.491 e. The summed E-state index contributed by atoms with van der Waals surface area (Å²) < 4.78 is 5.70. The molecule has 2 N–H and O–H groups in total. The number of carboxylic acids is 1. The maximum absolute atomic E-state index is 12.2. The summed E-state index contributed by atoms with van der Waals surface area (Å²) in [5.41, 5.74) is 0.701. The summed E-state index contributed by atoms with van der Waals surface area (Å²) in [7, 11) is 0. The first kappa shape index (κ1) is 17.1. The Morgan fingerprint density at radius 2 is 1.91 bits per heavy atom. The number of nitrogens with zero attached hydrogens (tertiary/aromatic N) is 1. The minimum atomic E-state index is -0.776. The number of nitrogens with one attached hydrogen (secondary N) is 1. The first-order chi connectivity index (χ1) is 11.0. The van der Waals surface area contributed by atoms with Crippen LogP contribution in [-0.4, -0.2) is 41.2 Å². The number of hydrogen-bond acceptors (Lipinski definition) is 3. The summed E-state index contributed by atoms with van der Waals surface area (Å²) >= 11 is 0. The molecule has 1 aliphatic rings. The van der Waals surface area contributed by atoms with Gasteiger partial charge in [-0.3, -0.25) is 4.79 Å². The van der Waals surface area contributed by atoms with Gasteiger partial charge in [0.1, 0.15) is 5.75 Å². The van der Waals surface area contributed by atoms with E-state index >= 15 is 0 Å². The molecule has 2 amide bonds. The highest BCUT2D eigenvalue weighted by atomic mass is 16.5. The van der Waals surface area contributed by atoms with Gasteiger partial charge in [-0.15, -0.1) is 0 Å². The van der Waals surface area contributed by atoms with Gasteiger partial charge in [-0.05, 0) is 50.5 Å². The van der Waals surface area contributed by atoms with Gasteiger partial charge in [0.25, 0.3) is 0 Å². The van der Waals surface area contributed by atoms with Crippen LogP contribution in [0.3, 0.4) is 0 Å². The van der Waals surface area contributed by atoms with E-state index in [1.807, 2.05) is 19.1 Å². The normalized spacial score (nSPS) is 16.7. The van der Waals surface area contributed by atoms with E-state index in [-0.39, 0.29) is 18.1 Å². The Balaban J connectivity index is 1.85. The number of benzene rings is 1. The lowest BCUT2D eigenvalue weighted by atomic mass is 9.97.